The summed E-state index contributed by atoms with van der Waals surface area (Å²) < 4.78 is 0. The molecule has 1 aromatic rings. The minimum atomic E-state index is -0.128. The van der Waals surface area contributed by atoms with Gasteiger partial charge in [0.15, 0.2) is 0 Å². The number of nitrogens with one attached hydrogen (secondary N) is 1. The standard InChI is InChI=1S/C15H23NO3/c1-2-3-4-5-6-7-8-15(19)16-13-11-12(17)9-10-14(13)18/h9-11,17-18H,2-8H2,1H3,(H,16,19). The summed E-state index contributed by atoms with van der Waals surface area (Å²) >= 11 is 0. The number of carbonyl (C=O) groups is 1. The third-order valence-electron chi connectivity index (χ3n) is 3.01. The highest BCUT2D eigenvalue weighted by atomic mass is 16.3. The number of aromatic hydroxyl groups is 2. The van der Waals surface area contributed by atoms with Gasteiger partial charge in [-0.2, -0.15) is 0 Å². The Bertz CT molecular complexity index is 404. The number of unbranched alkanes of at least 4 members (excludes halogenated alkanes) is 5. The van der Waals surface area contributed by atoms with Crippen molar-refractivity contribution in [2.24, 2.45) is 0 Å². The van der Waals surface area contributed by atoms with Crippen LogP contribution in [0.25, 0.3) is 0 Å². The molecule has 0 aliphatic heterocycles. The second-order valence-corrected chi connectivity index (χ2v) is 4.77. The molecule has 0 aromatic heterocycles. The summed E-state index contributed by atoms with van der Waals surface area (Å²) in [6.07, 6.45) is 7.22. The van der Waals surface area contributed by atoms with Crippen molar-refractivity contribution in [1.29, 1.82) is 0 Å². The maximum atomic E-state index is 11.7. The molecule has 1 aromatic carbocycles. The van der Waals surface area contributed by atoms with Gasteiger partial charge in [-0.05, 0) is 18.6 Å². The van der Waals surface area contributed by atoms with E-state index >= 15 is 0 Å². The first-order valence-corrected chi connectivity index (χ1v) is 6.95. The molecule has 4 heteroatoms. The molecule has 3 N–H and O–H groups in total. The van der Waals surface area contributed by atoms with Crippen LogP contribution in [0, 0.1) is 0 Å². The Labute approximate surface area is 114 Å². The first-order chi connectivity index (χ1) is 9.13. The Hall–Kier alpha value is -1.71. The van der Waals surface area contributed by atoms with Crippen LogP contribution in [0.5, 0.6) is 11.5 Å². The largest absolute Gasteiger partial charge is 0.508 e. The number of amides is 1. The SMILES string of the molecule is CCCCCCCCC(=O)Nc1cc(O)ccc1O. The van der Waals surface area contributed by atoms with Gasteiger partial charge in [0.05, 0.1) is 5.69 Å². The molecular weight excluding hydrogens is 242 g/mol. The highest BCUT2D eigenvalue weighted by Gasteiger charge is 2.07. The van der Waals surface area contributed by atoms with Gasteiger partial charge in [-0.3, -0.25) is 4.79 Å². The van der Waals surface area contributed by atoms with E-state index in [-0.39, 0.29) is 23.1 Å². The van der Waals surface area contributed by atoms with Crippen LogP contribution in [0.15, 0.2) is 18.2 Å². The number of rotatable bonds is 8. The summed E-state index contributed by atoms with van der Waals surface area (Å²) in [5, 5.41) is 21.4. The minimum absolute atomic E-state index is 0.0210. The van der Waals surface area contributed by atoms with Crippen LogP contribution >= 0.6 is 0 Å². The molecule has 0 spiro atoms. The zero-order valence-electron chi connectivity index (χ0n) is 11.5. The van der Waals surface area contributed by atoms with Crippen molar-refractivity contribution in [3.8, 4) is 11.5 Å². The number of hydrogen-bond acceptors (Lipinski definition) is 3. The van der Waals surface area contributed by atoms with Gasteiger partial charge in [0, 0.05) is 12.5 Å². The van der Waals surface area contributed by atoms with Crippen molar-refractivity contribution in [1.82, 2.24) is 0 Å². The van der Waals surface area contributed by atoms with E-state index in [4.69, 9.17) is 0 Å². The van der Waals surface area contributed by atoms with Gasteiger partial charge in [-0.1, -0.05) is 39.0 Å². The molecule has 0 atom stereocenters. The smallest absolute Gasteiger partial charge is 0.224 e. The lowest BCUT2D eigenvalue weighted by Crippen LogP contribution is -2.11. The van der Waals surface area contributed by atoms with Crippen LogP contribution in [0.3, 0.4) is 0 Å². The lowest BCUT2D eigenvalue weighted by atomic mass is 10.1. The normalized spacial score (nSPS) is 10.4. The second kappa shape index (κ2) is 8.40. The van der Waals surface area contributed by atoms with Crippen molar-refractivity contribution >= 4 is 11.6 Å². The number of hydrogen-bond donors (Lipinski definition) is 3. The van der Waals surface area contributed by atoms with E-state index in [1.54, 1.807) is 0 Å². The van der Waals surface area contributed by atoms with Crippen molar-refractivity contribution in [2.45, 2.75) is 51.9 Å². The van der Waals surface area contributed by atoms with Crippen LogP contribution in [-0.2, 0) is 4.79 Å². The molecule has 0 heterocycles. The van der Waals surface area contributed by atoms with E-state index in [2.05, 4.69) is 12.2 Å². The van der Waals surface area contributed by atoms with E-state index in [0.717, 1.165) is 12.8 Å². The number of carbonyl (C=O) groups excluding carboxylic acids is 1. The molecule has 0 saturated heterocycles. The maximum absolute atomic E-state index is 11.7. The first-order valence-electron chi connectivity index (χ1n) is 6.95. The topological polar surface area (TPSA) is 69.6 Å². The average molecular weight is 265 g/mol. The molecule has 0 fully saturated rings. The van der Waals surface area contributed by atoms with Gasteiger partial charge in [0.25, 0.3) is 0 Å². The summed E-state index contributed by atoms with van der Waals surface area (Å²) in [6.45, 7) is 2.18. The molecule has 0 saturated carbocycles. The Morgan fingerprint density at radius 3 is 2.53 bits per heavy atom. The summed E-state index contributed by atoms with van der Waals surface area (Å²) in [7, 11) is 0. The van der Waals surface area contributed by atoms with Gasteiger partial charge < -0.3 is 15.5 Å². The lowest BCUT2D eigenvalue weighted by molar-refractivity contribution is -0.116. The number of phenols is 2. The van der Waals surface area contributed by atoms with Gasteiger partial charge in [0.1, 0.15) is 11.5 Å². The first kappa shape index (κ1) is 15.3. The summed E-state index contributed by atoms with van der Waals surface area (Å²) in [6, 6.07) is 4.07. The average Bonchev–Trinajstić information content (AvgIpc) is 2.38. The van der Waals surface area contributed by atoms with Crippen LogP contribution in [-0.4, -0.2) is 16.1 Å². The molecule has 0 unspecified atom stereocenters. The van der Waals surface area contributed by atoms with Crippen LogP contribution in [0.4, 0.5) is 5.69 Å². The minimum Gasteiger partial charge on any atom is -0.508 e. The number of phenolic OH excluding ortho intramolecular Hbond substituents is 2. The third-order valence-corrected chi connectivity index (χ3v) is 3.01. The van der Waals surface area contributed by atoms with Crippen molar-refractivity contribution in [3.05, 3.63) is 18.2 Å². The van der Waals surface area contributed by atoms with Gasteiger partial charge in [-0.15, -0.1) is 0 Å². The fraction of sp³-hybridized carbons (Fsp3) is 0.533. The van der Waals surface area contributed by atoms with E-state index in [1.807, 2.05) is 0 Å². The van der Waals surface area contributed by atoms with E-state index < -0.39 is 0 Å². The highest BCUT2D eigenvalue weighted by molar-refractivity contribution is 5.92. The molecule has 0 aliphatic rings. The van der Waals surface area contributed by atoms with Crippen molar-refractivity contribution < 1.29 is 15.0 Å². The van der Waals surface area contributed by atoms with Gasteiger partial charge >= 0.3 is 0 Å². The molecule has 0 radical (unpaired) electrons. The Morgan fingerprint density at radius 1 is 1.11 bits per heavy atom. The third kappa shape index (κ3) is 6.13. The Morgan fingerprint density at radius 2 is 1.79 bits per heavy atom. The number of anilines is 1. The van der Waals surface area contributed by atoms with Crippen LogP contribution < -0.4 is 5.32 Å². The zero-order valence-corrected chi connectivity index (χ0v) is 11.5. The van der Waals surface area contributed by atoms with Crippen molar-refractivity contribution in [3.63, 3.8) is 0 Å². The zero-order chi connectivity index (χ0) is 14.1. The Balaban J connectivity index is 2.25. The molecule has 1 amide bonds. The maximum Gasteiger partial charge on any atom is 0.224 e. The fourth-order valence-electron chi connectivity index (χ4n) is 1.90. The molecule has 4 nitrogen and oxygen atoms in total. The fourth-order valence-corrected chi connectivity index (χ4v) is 1.90. The molecular formula is C15H23NO3. The monoisotopic (exact) mass is 265 g/mol. The summed E-state index contributed by atoms with van der Waals surface area (Å²) in [4.78, 5) is 11.7. The number of benzene rings is 1. The predicted octanol–water partition coefficient (Wildman–Crippen LogP) is 3.79. The van der Waals surface area contributed by atoms with Gasteiger partial charge in [-0.25, -0.2) is 0 Å². The molecule has 0 aliphatic carbocycles. The van der Waals surface area contributed by atoms with Crippen LogP contribution in [0.2, 0.25) is 0 Å². The van der Waals surface area contributed by atoms with E-state index in [1.165, 1.54) is 43.9 Å². The quantitative estimate of drug-likeness (QED) is 0.380. The summed E-state index contributed by atoms with van der Waals surface area (Å²) in [5.41, 5.74) is 0.260. The Kier molecular flexibility index (Phi) is 6.79. The molecule has 0 bridgehead atoms. The molecule has 1 rings (SSSR count). The lowest BCUT2D eigenvalue weighted by Gasteiger charge is -2.07. The van der Waals surface area contributed by atoms with E-state index in [0.29, 0.717) is 6.42 Å². The predicted molar refractivity (Wildman–Crippen MR) is 76.4 cm³/mol. The second-order valence-electron chi connectivity index (χ2n) is 4.77. The molecule has 106 valence electrons. The van der Waals surface area contributed by atoms with Gasteiger partial charge in [0.2, 0.25) is 5.91 Å². The molecule has 19 heavy (non-hydrogen) atoms. The van der Waals surface area contributed by atoms with Crippen molar-refractivity contribution in [2.75, 3.05) is 5.32 Å². The van der Waals surface area contributed by atoms with E-state index in [9.17, 15) is 15.0 Å². The van der Waals surface area contributed by atoms with Crippen LogP contribution in [0.1, 0.15) is 51.9 Å². The highest BCUT2D eigenvalue weighted by Crippen LogP contribution is 2.27. The summed E-state index contributed by atoms with van der Waals surface area (Å²) in [5.74, 6) is -0.141.